The van der Waals surface area contributed by atoms with E-state index in [1.807, 2.05) is 0 Å². The molecule has 1 N–H and O–H groups in total. The van der Waals surface area contributed by atoms with Crippen molar-refractivity contribution in [1.29, 1.82) is 0 Å². The average molecular weight is 552 g/mol. The first kappa shape index (κ1) is 26.1. The maximum Gasteiger partial charge on any atom is 0.387 e. The highest BCUT2D eigenvalue weighted by Gasteiger charge is 2.23. The van der Waals surface area contributed by atoms with Gasteiger partial charge in [0.1, 0.15) is 28.4 Å². The molecule has 0 saturated carbocycles. The number of hydrogen-bond donors (Lipinski definition) is 1. The third-order valence-corrected chi connectivity index (χ3v) is 7.94. The molecule has 0 aliphatic carbocycles. The van der Waals surface area contributed by atoms with Crippen LogP contribution < -0.4 is 10.1 Å². The third kappa shape index (κ3) is 6.24. The number of halogens is 3. The van der Waals surface area contributed by atoms with Gasteiger partial charge in [-0.15, -0.1) is 0 Å². The highest BCUT2D eigenvalue weighted by atomic mass is 35.5. The zero-order valence-electron chi connectivity index (χ0n) is 19.8. The fourth-order valence-corrected chi connectivity index (χ4v) is 5.02. The molecule has 0 radical (unpaired) electrons. The zero-order valence-corrected chi connectivity index (χ0v) is 22.4. The summed E-state index contributed by atoms with van der Waals surface area (Å²) >= 11 is 7.06. The maximum atomic E-state index is 13.2. The Hall–Kier alpha value is -2.93. The first-order valence-corrected chi connectivity index (χ1v) is 15.9. The second kappa shape index (κ2) is 11.0. The van der Waals surface area contributed by atoms with Gasteiger partial charge in [-0.25, -0.2) is 4.68 Å². The van der Waals surface area contributed by atoms with Gasteiger partial charge in [0.05, 0.1) is 17.6 Å². The van der Waals surface area contributed by atoms with Crippen LogP contribution in [-0.4, -0.2) is 46.3 Å². The van der Waals surface area contributed by atoms with Gasteiger partial charge in [-0.3, -0.25) is 9.78 Å². The summed E-state index contributed by atoms with van der Waals surface area (Å²) in [6, 6.07) is 8.81. The molecule has 0 aliphatic heterocycles. The number of nitrogens with zero attached hydrogens (tertiary/aromatic N) is 4. The van der Waals surface area contributed by atoms with Crippen molar-refractivity contribution in [2.75, 3.05) is 11.9 Å². The summed E-state index contributed by atoms with van der Waals surface area (Å²) in [6.45, 7) is 4.22. The van der Waals surface area contributed by atoms with Crippen LogP contribution in [0.4, 0.5) is 14.5 Å². The molecule has 1 aromatic carbocycles. The Balaban J connectivity index is 1.69. The molecule has 0 bridgehead atoms. The Bertz CT molecular complexity index is 1380. The predicted octanol–water partition coefficient (Wildman–Crippen LogP) is 6.37. The average Bonchev–Trinajstić information content (AvgIpc) is 3.40. The fourth-order valence-electron chi connectivity index (χ4n) is 3.39. The minimum Gasteiger partial charge on any atom is -0.434 e. The number of carbonyl (C=O) groups excluding carboxylic acids is 1. The summed E-state index contributed by atoms with van der Waals surface area (Å²) in [6.07, 6.45) is 3.02. The molecular formula is C23H24ClF2N5O3SSi. The number of benzene rings is 1. The lowest BCUT2D eigenvalue weighted by atomic mass is 10.1. The van der Waals surface area contributed by atoms with E-state index >= 15 is 0 Å². The van der Waals surface area contributed by atoms with Crippen LogP contribution in [0.3, 0.4) is 0 Å². The van der Waals surface area contributed by atoms with Crippen molar-refractivity contribution in [2.24, 2.45) is 0 Å². The zero-order chi connectivity index (χ0) is 25.9. The van der Waals surface area contributed by atoms with Crippen LogP contribution in [0, 0.1) is 0 Å². The number of pyridine rings is 1. The van der Waals surface area contributed by atoms with Gasteiger partial charge in [-0.2, -0.15) is 18.3 Å². The van der Waals surface area contributed by atoms with E-state index < -0.39 is 20.6 Å². The Labute approximate surface area is 216 Å². The second-order valence-corrected chi connectivity index (χ2v) is 15.9. The van der Waals surface area contributed by atoms with E-state index in [1.54, 1.807) is 24.4 Å². The number of fused-ring (bicyclic) bond motifs is 1. The van der Waals surface area contributed by atoms with Gasteiger partial charge >= 0.3 is 6.61 Å². The van der Waals surface area contributed by atoms with Crippen molar-refractivity contribution in [3.63, 3.8) is 0 Å². The molecule has 3 heterocycles. The predicted molar refractivity (Wildman–Crippen MR) is 139 cm³/mol. The van der Waals surface area contributed by atoms with E-state index in [9.17, 15) is 13.6 Å². The number of ether oxygens (including phenoxy) is 2. The van der Waals surface area contributed by atoms with Crippen LogP contribution in [0.2, 0.25) is 30.7 Å². The molecule has 0 saturated heterocycles. The number of nitrogens with one attached hydrogen (secondary N) is 1. The topological polar surface area (TPSA) is 91.2 Å². The van der Waals surface area contributed by atoms with Crippen LogP contribution >= 0.6 is 23.1 Å². The van der Waals surface area contributed by atoms with Gasteiger partial charge < -0.3 is 14.8 Å². The van der Waals surface area contributed by atoms with Crippen molar-refractivity contribution >= 4 is 53.8 Å². The summed E-state index contributed by atoms with van der Waals surface area (Å²) in [5, 5.41) is 7.39. The molecule has 0 atom stereocenters. The molecule has 0 fully saturated rings. The van der Waals surface area contributed by atoms with Crippen molar-refractivity contribution < 1.29 is 23.0 Å². The summed E-state index contributed by atoms with van der Waals surface area (Å²) in [4.78, 5) is 17.7. The lowest BCUT2D eigenvalue weighted by Crippen LogP contribution is -2.22. The smallest absolute Gasteiger partial charge is 0.387 e. The summed E-state index contributed by atoms with van der Waals surface area (Å²) in [5.41, 5.74) is 1.97. The Morgan fingerprint density at radius 2 is 2.08 bits per heavy atom. The van der Waals surface area contributed by atoms with Crippen molar-refractivity contribution in [1.82, 2.24) is 19.1 Å². The molecule has 0 spiro atoms. The Morgan fingerprint density at radius 1 is 1.28 bits per heavy atom. The van der Waals surface area contributed by atoms with Crippen LogP contribution in [-0.2, 0) is 11.5 Å². The summed E-state index contributed by atoms with van der Waals surface area (Å²) in [7, 11) is -1.32. The molecule has 4 rings (SSSR count). The van der Waals surface area contributed by atoms with E-state index in [0.29, 0.717) is 28.2 Å². The van der Waals surface area contributed by atoms with Crippen LogP contribution in [0.15, 0.2) is 42.7 Å². The minimum absolute atomic E-state index is 0.0530. The van der Waals surface area contributed by atoms with Crippen molar-refractivity contribution in [3.8, 4) is 17.0 Å². The number of aromatic nitrogens is 4. The van der Waals surface area contributed by atoms with Gasteiger partial charge in [0.2, 0.25) is 0 Å². The molecule has 190 valence electrons. The van der Waals surface area contributed by atoms with E-state index in [2.05, 4.69) is 39.4 Å². The van der Waals surface area contributed by atoms with Gasteiger partial charge in [0.15, 0.2) is 0 Å². The summed E-state index contributed by atoms with van der Waals surface area (Å²) < 4.78 is 42.7. The van der Waals surface area contributed by atoms with Gasteiger partial charge in [-0.1, -0.05) is 31.2 Å². The largest absolute Gasteiger partial charge is 0.434 e. The Morgan fingerprint density at radius 3 is 2.83 bits per heavy atom. The Kier molecular flexibility index (Phi) is 7.98. The van der Waals surface area contributed by atoms with Gasteiger partial charge in [-0.05, 0) is 47.9 Å². The van der Waals surface area contributed by atoms with Gasteiger partial charge in [0.25, 0.3) is 5.91 Å². The lowest BCUT2D eigenvalue weighted by molar-refractivity contribution is -0.0494. The van der Waals surface area contributed by atoms with Crippen molar-refractivity contribution in [2.45, 2.75) is 39.0 Å². The standard InChI is InChI=1S/C23H24ClF2N5O3SSi/c1-36(2,3)10-9-33-13-31-20(15-7-6-14(24)11-18(15)34-23(25)26)17(12-28-31)29-22(32)21-19-16(30-35-21)5-4-8-27-19/h4-8,11-12,23H,9-10,13H2,1-3H3,(H,29,32). The van der Waals surface area contributed by atoms with Crippen LogP contribution in [0.5, 0.6) is 5.75 Å². The highest BCUT2D eigenvalue weighted by molar-refractivity contribution is 7.09. The van der Waals surface area contributed by atoms with E-state index in [0.717, 1.165) is 17.6 Å². The molecular weight excluding hydrogens is 528 g/mol. The number of rotatable bonds is 10. The minimum atomic E-state index is -3.07. The van der Waals surface area contributed by atoms with Crippen LogP contribution in [0.1, 0.15) is 9.67 Å². The molecule has 0 unspecified atom stereocenters. The van der Waals surface area contributed by atoms with E-state index in [1.165, 1.54) is 23.0 Å². The monoisotopic (exact) mass is 551 g/mol. The quantitative estimate of drug-likeness (QED) is 0.182. The fraction of sp³-hybridized carbons (Fsp3) is 0.304. The molecule has 13 heteroatoms. The number of amides is 1. The van der Waals surface area contributed by atoms with Crippen LogP contribution in [0.25, 0.3) is 22.3 Å². The number of anilines is 1. The molecule has 3 aromatic heterocycles. The number of alkyl halides is 2. The SMILES string of the molecule is C[Si](C)(C)CCOCn1ncc(NC(=O)c2snc3cccnc23)c1-c1ccc(Cl)cc1OC(F)F. The number of hydrogen-bond acceptors (Lipinski definition) is 7. The normalized spacial score (nSPS) is 11.9. The second-order valence-electron chi connectivity index (χ2n) is 9.11. The first-order valence-electron chi connectivity index (χ1n) is 11.0. The molecule has 36 heavy (non-hydrogen) atoms. The molecule has 8 nitrogen and oxygen atoms in total. The molecule has 1 amide bonds. The van der Waals surface area contributed by atoms with E-state index in [4.69, 9.17) is 21.1 Å². The summed E-state index contributed by atoms with van der Waals surface area (Å²) in [5.74, 6) is -0.603. The molecule has 4 aromatic rings. The lowest BCUT2D eigenvalue weighted by Gasteiger charge is -2.17. The van der Waals surface area contributed by atoms with Crippen molar-refractivity contribution in [3.05, 3.63) is 52.6 Å². The first-order chi connectivity index (χ1) is 17.1. The van der Waals surface area contributed by atoms with Gasteiger partial charge in [0, 0.05) is 31.5 Å². The third-order valence-electron chi connectivity index (χ3n) is 5.16. The number of carbonyl (C=O) groups is 1. The highest BCUT2D eigenvalue weighted by Crippen LogP contribution is 2.38. The maximum absolute atomic E-state index is 13.2. The molecule has 0 aliphatic rings. The van der Waals surface area contributed by atoms with E-state index in [-0.39, 0.29) is 28.8 Å².